The number of ether oxygens (including phenoxy) is 2. The predicted molar refractivity (Wildman–Crippen MR) is 56.1 cm³/mol. The maximum atomic E-state index is 11.6. The van der Waals surface area contributed by atoms with Crippen molar-refractivity contribution in [2.45, 2.75) is 6.54 Å². The second-order valence-electron chi connectivity index (χ2n) is 3.25. The van der Waals surface area contributed by atoms with Crippen molar-refractivity contribution in [3.8, 4) is 0 Å². The summed E-state index contributed by atoms with van der Waals surface area (Å²) in [5.74, 6) is -0.0568. The van der Waals surface area contributed by atoms with Crippen LogP contribution < -0.4 is 5.32 Å². The van der Waals surface area contributed by atoms with Crippen molar-refractivity contribution in [1.29, 1.82) is 0 Å². The van der Waals surface area contributed by atoms with E-state index in [0.717, 1.165) is 5.56 Å². The van der Waals surface area contributed by atoms with Gasteiger partial charge in [0.25, 0.3) is 5.91 Å². The van der Waals surface area contributed by atoms with E-state index in [4.69, 9.17) is 9.47 Å². The first-order chi connectivity index (χ1) is 7.86. The minimum Gasteiger partial charge on any atom is -0.494 e. The first-order valence-electron chi connectivity index (χ1n) is 4.98. The van der Waals surface area contributed by atoms with Gasteiger partial charge < -0.3 is 14.8 Å². The van der Waals surface area contributed by atoms with Crippen molar-refractivity contribution in [3.63, 3.8) is 0 Å². The third-order valence-electron chi connectivity index (χ3n) is 2.05. The number of nitrogens with zero attached hydrogens (tertiary/aromatic N) is 1. The fourth-order valence-electron chi connectivity index (χ4n) is 1.26. The van der Waals surface area contributed by atoms with Crippen molar-refractivity contribution < 1.29 is 14.3 Å². The Bertz CT molecular complexity index is 389. The van der Waals surface area contributed by atoms with E-state index in [1.54, 1.807) is 12.4 Å². The summed E-state index contributed by atoms with van der Waals surface area (Å²) < 4.78 is 10.1. The van der Waals surface area contributed by atoms with Gasteiger partial charge in [-0.25, -0.2) is 0 Å². The molecule has 84 valence electrons. The zero-order valence-electron chi connectivity index (χ0n) is 8.68. The Morgan fingerprint density at radius 1 is 1.50 bits per heavy atom. The van der Waals surface area contributed by atoms with Gasteiger partial charge in [0.1, 0.15) is 19.5 Å². The van der Waals surface area contributed by atoms with Crippen LogP contribution in [-0.2, 0) is 20.8 Å². The Hall–Kier alpha value is -2.04. The fourth-order valence-corrected chi connectivity index (χ4v) is 1.26. The fraction of sp³-hybridized carbons (Fsp3) is 0.273. The lowest BCUT2D eigenvalue weighted by molar-refractivity contribution is -0.122. The number of amides is 1. The number of hydrogen-bond acceptors (Lipinski definition) is 4. The van der Waals surface area contributed by atoms with E-state index in [-0.39, 0.29) is 11.7 Å². The minimum absolute atomic E-state index is 0.218. The van der Waals surface area contributed by atoms with Gasteiger partial charge in [0.15, 0.2) is 0 Å². The summed E-state index contributed by atoms with van der Waals surface area (Å²) in [6, 6.07) is 3.71. The van der Waals surface area contributed by atoms with Crippen LogP contribution in [0.15, 0.2) is 36.5 Å². The SMILES string of the molecule is O=C(NCc1cccnc1)C1=COCCO1. The number of carbonyl (C=O) groups excluding carboxylic acids is 1. The van der Waals surface area contributed by atoms with Crippen LogP contribution in [-0.4, -0.2) is 24.1 Å². The van der Waals surface area contributed by atoms with E-state index in [0.29, 0.717) is 19.8 Å². The van der Waals surface area contributed by atoms with Gasteiger partial charge in [-0.3, -0.25) is 9.78 Å². The summed E-state index contributed by atoms with van der Waals surface area (Å²) in [6.07, 6.45) is 4.72. The normalized spacial score (nSPS) is 14.4. The number of aromatic nitrogens is 1. The molecular formula is C11H12N2O3. The molecule has 0 atom stereocenters. The largest absolute Gasteiger partial charge is 0.494 e. The van der Waals surface area contributed by atoms with Gasteiger partial charge in [-0.05, 0) is 11.6 Å². The number of carbonyl (C=O) groups is 1. The highest BCUT2D eigenvalue weighted by Gasteiger charge is 2.14. The summed E-state index contributed by atoms with van der Waals surface area (Å²) in [4.78, 5) is 15.5. The maximum absolute atomic E-state index is 11.6. The van der Waals surface area contributed by atoms with Crippen LogP contribution in [0.25, 0.3) is 0 Å². The van der Waals surface area contributed by atoms with Crippen LogP contribution in [0, 0.1) is 0 Å². The molecule has 5 nitrogen and oxygen atoms in total. The van der Waals surface area contributed by atoms with Crippen molar-refractivity contribution in [2.24, 2.45) is 0 Å². The molecule has 0 spiro atoms. The molecule has 16 heavy (non-hydrogen) atoms. The van der Waals surface area contributed by atoms with Crippen LogP contribution in [0.2, 0.25) is 0 Å². The molecule has 2 heterocycles. The Morgan fingerprint density at radius 2 is 2.44 bits per heavy atom. The van der Waals surface area contributed by atoms with E-state index in [1.165, 1.54) is 6.26 Å². The van der Waals surface area contributed by atoms with E-state index < -0.39 is 0 Å². The van der Waals surface area contributed by atoms with Crippen LogP contribution >= 0.6 is 0 Å². The second kappa shape index (κ2) is 5.16. The number of hydrogen-bond donors (Lipinski definition) is 1. The molecule has 0 radical (unpaired) electrons. The molecule has 0 unspecified atom stereocenters. The summed E-state index contributed by atoms with van der Waals surface area (Å²) in [5.41, 5.74) is 0.938. The van der Waals surface area contributed by atoms with Crippen LogP contribution in [0.3, 0.4) is 0 Å². The van der Waals surface area contributed by atoms with E-state index in [2.05, 4.69) is 10.3 Å². The van der Waals surface area contributed by atoms with Crippen LogP contribution in [0.5, 0.6) is 0 Å². The van der Waals surface area contributed by atoms with Gasteiger partial charge in [0.2, 0.25) is 5.76 Å². The van der Waals surface area contributed by atoms with Gasteiger partial charge >= 0.3 is 0 Å². The molecule has 0 saturated heterocycles. The van der Waals surface area contributed by atoms with E-state index >= 15 is 0 Å². The first-order valence-corrected chi connectivity index (χ1v) is 4.98. The van der Waals surface area contributed by atoms with E-state index in [9.17, 15) is 4.79 Å². The second-order valence-corrected chi connectivity index (χ2v) is 3.25. The molecule has 5 heteroatoms. The van der Waals surface area contributed by atoms with Gasteiger partial charge in [0, 0.05) is 18.9 Å². The van der Waals surface area contributed by atoms with Crippen LogP contribution in [0.1, 0.15) is 5.56 Å². The third-order valence-corrected chi connectivity index (χ3v) is 2.05. The average molecular weight is 220 g/mol. The molecule has 1 aromatic rings. The molecule has 0 saturated carbocycles. The molecule has 1 N–H and O–H groups in total. The standard InChI is InChI=1S/C11H12N2O3/c14-11(10-8-15-4-5-16-10)13-7-9-2-1-3-12-6-9/h1-3,6,8H,4-5,7H2,(H,13,14). The topological polar surface area (TPSA) is 60.5 Å². The van der Waals surface area contributed by atoms with Gasteiger partial charge in [0.05, 0.1) is 0 Å². The molecule has 0 aliphatic carbocycles. The Morgan fingerprint density at radius 3 is 3.12 bits per heavy atom. The molecule has 0 aromatic carbocycles. The summed E-state index contributed by atoms with van der Waals surface area (Å²) >= 11 is 0. The predicted octanol–water partition coefficient (Wildman–Crippen LogP) is 0.586. The molecule has 1 aliphatic heterocycles. The molecule has 0 fully saturated rings. The van der Waals surface area contributed by atoms with Crippen LogP contribution in [0.4, 0.5) is 0 Å². The summed E-state index contributed by atoms with van der Waals surface area (Å²) in [7, 11) is 0. The smallest absolute Gasteiger partial charge is 0.289 e. The van der Waals surface area contributed by atoms with Gasteiger partial charge in [-0.2, -0.15) is 0 Å². The maximum Gasteiger partial charge on any atom is 0.289 e. The zero-order valence-corrected chi connectivity index (χ0v) is 8.68. The van der Waals surface area contributed by atoms with Crippen molar-refractivity contribution in [2.75, 3.05) is 13.2 Å². The number of pyridine rings is 1. The quantitative estimate of drug-likeness (QED) is 0.809. The lowest BCUT2D eigenvalue weighted by atomic mass is 10.3. The van der Waals surface area contributed by atoms with Crippen molar-refractivity contribution >= 4 is 5.91 Å². The Labute approximate surface area is 93.1 Å². The van der Waals surface area contributed by atoms with Gasteiger partial charge in [-0.1, -0.05) is 6.07 Å². The molecular weight excluding hydrogens is 208 g/mol. The lowest BCUT2D eigenvalue weighted by Crippen LogP contribution is -2.28. The average Bonchev–Trinajstić information content (AvgIpc) is 2.38. The first kappa shape index (κ1) is 10.5. The van der Waals surface area contributed by atoms with Crippen molar-refractivity contribution in [1.82, 2.24) is 10.3 Å². The van der Waals surface area contributed by atoms with Gasteiger partial charge in [-0.15, -0.1) is 0 Å². The third kappa shape index (κ3) is 2.73. The monoisotopic (exact) mass is 220 g/mol. The highest BCUT2D eigenvalue weighted by Crippen LogP contribution is 2.04. The van der Waals surface area contributed by atoms with Crippen molar-refractivity contribution in [3.05, 3.63) is 42.1 Å². The summed E-state index contributed by atoms with van der Waals surface area (Å²) in [6.45, 7) is 1.32. The zero-order chi connectivity index (χ0) is 11.2. The molecule has 1 aromatic heterocycles. The highest BCUT2D eigenvalue weighted by atomic mass is 16.6. The summed E-state index contributed by atoms with van der Waals surface area (Å²) in [5, 5.41) is 2.72. The molecule has 0 bridgehead atoms. The molecule has 1 amide bonds. The Balaban J connectivity index is 1.86. The molecule has 1 aliphatic rings. The highest BCUT2D eigenvalue weighted by molar-refractivity contribution is 5.91. The minimum atomic E-state index is -0.274. The number of rotatable bonds is 3. The molecule has 2 rings (SSSR count). The number of nitrogens with one attached hydrogen (secondary N) is 1. The Kier molecular flexibility index (Phi) is 3.38. The van der Waals surface area contributed by atoms with E-state index in [1.807, 2.05) is 12.1 Å². The lowest BCUT2D eigenvalue weighted by Gasteiger charge is -2.14.